The van der Waals surface area contributed by atoms with Crippen molar-refractivity contribution >= 4 is 17.3 Å². The maximum Gasteiger partial charge on any atom is 0.183 e. The van der Waals surface area contributed by atoms with Gasteiger partial charge in [0.25, 0.3) is 0 Å². The highest BCUT2D eigenvalue weighted by Crippen LogP contribution is 2.68. The Labute approximate surface area is 129 Å². The zero-order chi connectivity index (χ0) is 15.4. The van der Waals surface area contributed by atoms with Crippen LogP contribution in [0.4, 0.5) is 5.69 Å². The van der Waals surface area contributed by atoms with Gasteiger partial charge < -0.3 is 5.73 Å². The topological polar surface area (TPSA) is 69.6 Å². The molecule has 5 nitrogen and oxygen atoms in total. The number of anilines is 1. The summed E-state index contributed by atoms with van der Waals surface area (Å²) in [6.45, 7) is 9.93. The van der Waals surface area contributed by atoms with Gasteiger partial charge in [-0.1, -0.05) is 39.3 Å². The predicted octanol–water partition coefficient (Wildman–Crippen LogP) is 3.26. The summed E-state index contributed by atoms with van der Waals surface area (Å²) in [7, 11) is 0. The molecule has 2 N–H and O–H groups in total. The molecule has 1 heterocycles. The fourth-order valence-corrected chi connectivity index (χ4v) is 3.40. The van der Waals surface area contributed by atoms with Crippen molar-refractivity contribution < 1.29 is 0 Å². The van der Waals surface area contributed by atoms with Crippen molar-refractivity contribution in [1.82, 2.24) is 20.2 Å². The van der Waals surface area contributed by atoms with Gasteiger partial charge in [0.1, 0.15) is 0 Å². The molecule has 3 rings (SSSR count). The lowest BCUT2D eigenvalue weighted by Gasteiger charge is -2.08. The van der Waals surface area contributed by atoms with Crippen LogP contribution < -0.4 is 5.73 Å². The lowest BCUT2D eigenvalue weighted by atomic mass is 10.0. The fourth-order valence-electron chi connectivity index (χ4n) is 3.20. The number of tetrazole rings is 1. The van der Waals surface area contributed by atoms with Crippen LogP contribution in [0.15, 0.2) is 18.2 Å². The molecule has 1 fully saturated rings. The van der Waals surface area contributed by atoms with E-state index in [4.69, 9.17) is 17.3 Å². The number of hydrogen-bond donors (Lipinski definition) is 1. The van der Waals surface area contributed by atoms with Gasteiger partial charge in [-0.05, 0) is 45.4 Å². The molecule has 112 valence electrons. The Morgan fingerprint density at radius 2 is 1.90 bits per heavy atom. The van der Waals surface area contributed by atoms with E-state index in [1.165, 1.54) is 0 Å². The zero-order valence-electron chi connectivity index (χ0n) is 12.8. The summed E-state index contributed by atoms with van der Waals surface area (Å²) in [5.41, 5.74) is 7.85. The highest BCUT2D eigenvalue weighted by atomic mass is 35.5. The third-order valence-corrected chi connectivity index (χ3v) is 5.77. The van der Waals surface area contributed by atoms with E-state index >= 15 is 0 Å². The first-order chi connectivity index (χ1) is 9.75. The smallest absolute Gasteiger partial charge is 0.183 e. The number of nitrogens with zero attached hydrogens (tertiary/aromatic N) is 4. The third kappa shape index (κ3) is 2.11. The molecule has 2 aromatic rings. The number of halogens is 1. The molecule has 0 saturated heterocycles. The van der Waals surface area contributed by atoms with Crippen LogP contribution in [-0.2, 0) is 6.54 Å². The summed E-state index contributed by atoms with van der Waals surface area (Å²) >= 11 is 6.26. The Morgan fingerprint density at radius 3 is 2.52 bits per heavy atom. The summed E-state index contributed by atoms with van der Waals surface area (Å²) in [5.74, 6) is 1.21. The average molecular weight is 306 g/mol. The molecular weight excluding hydrogens is 286 g/mol. The molecule has 1 aromatic carbocycles. The van der Waals surface area contributed by atoms with Crippen LogP contribution >= 0.6 is 11.6 Å². The SMILES string of the molecule is CC1(C)C(Cn2nnnc2-c2cc(N)ccc2Cl)C1(C)C. The molecule has 0 atom stereocenters. The maximum absolute atomic E-state index is 6.26. The maximum atomic E-state index is 6.26. The van der Waals surface area contributed by atoms with Crippen LogP contribution in [0.1, 0.15) is 27.7 Å². The van der Waals surface area contributed by atoms with Crippen LogP contribution in [0.2, 0.25) is 5.02 Å². The van der Waals surface area contributed by atoms with Gasteiger partial charge in [0.15, 0.2) is 5.82 Å². The van der Waals surface area contributed by atoms with Crippen molar-refractivity contribution in [3.8, 4) is 11.4 Å². The Morgan fingerprint density at radius 1 is 1.24 bits per heavy atom. The number of nitrogens with two attached hydrogens (primary N) is 1. The monoisotopic (exact) mass is 305 g/mol. The number of nitrogen functional groups attached to an aromatic ring is 1. The summed E-state index contributed by atoms with van der Waals surface area (Å²) in [6.07, 6.45) is 0. The minimum absolute atomic E-state index is 0.287. The van der Waals surface area contributed by atoms with Crippen LogP contribution in [0.5, 0.6) is 0 Å². The highest BCUT2D eigenvalue weighted by molar-refractivity contribution is 6.33. The molecule has 0 spiro atoms. The van der Waals surface area contributed by atoms with Crippen molar-refractivity contribution in [3.63, 3.8) is 0 Å². The van der Waals surface area contributed by atoms with E-state index in [1.807, 2.05) is 10.7 Å². The first-order valence-corrected chi connectivity index (χ1v) is 7.44. The quantitative estimate of drug-likeness (QED) is 0.884. The summed E-state index contributed by atoms with van der Waals surface area (Å²) in [4.78, 5) is 0. The van der Waals surface area contributed by atoms with Gasteiger partial charge in [-0.3, -0.25) is 0 Å². The van der Waals surface area contributed by atoms with Crippen LogP contribution in [0, 0.1) is 16.7 Å². The molecule has 6 heteroatoms. The van der Waals surface area contributed by atoms with E-state index in [0.29, 0.717) is 22.5 Å². The Kier molecular flexibility index (Phi) is 3.03. The van der Waals surface area contributed by atoms with Crippen LogP contribution in [0.3, 0.4) is 0 Å². The molecule has 0 radical (unpaired) electrons. The number of rotatable bonds is 3. The molecular formula is C15H20ClN5. The van der Waals surface area contributed by atoms with E-state index in [9.17, 15) is 0 Å². The second-order valence-corrected chi connectivity index (χ2v) is 7.33. The first-order valence-electron chi connectivity index (χ1n) is 7.06. The molecule has 21 heavy (non-hydrogen) atoms. The van der Waals surface area contributed by atoms with Gasteiger partial charge in [-0.2, -0.15) is 0 Å². The standard InChI is InChI=1S/C15H20ClN5/c1-14(2)12(15(14,3)4)8-21-13(18-19-20-21)10-7-9(17)5-6-11(10)16/h5-7,12H,8,17H2,1-4H3. The van der Waals surface area contributed by atoms with Crippen molar-refractivity contribution in [2.75, 3.05) is 5.73 Å². The number of hydrogen-bond acceptors (Lipinski definition) is 4. The van der Waals surface area contributed by atoms with E-state index in [1.54, 1.807) is 12.1 Å². The van der Waals surface area contributed by atoms with Crippen molar-refractivity contribution in [3.05, 3.63) is 23.2 Å². The van der Waals surface area contributed by atoms with Gasteiger partial charge >= 0.3 is 0 Å². The lowest BCUT2D eigenvalue weighted by Crippen LogP contribution is -2.08. The summed E-state index contributed by atoms with van der Waals surface area (Å²) in [5, 5.41) is 12.7. The zero-order valence-corrected chi connectivity index (χ0v) is 13.5. The number of benzene rings is 1. The van der Waals surface area contributed by atoms with Crippen molar-refractivity contribution in [1.29, 1.82) is 0 Å². The molecule has 0 unspecified atom stereocenters. The first kappa shape index (κ1) is 14.3. The van der Waals surface area contributed by atoms with E-state index in [2.05, 4.69) is 43.2 Å². The fraction of sp³-hybridized carbons (Fsp3) is 0.533. The van der Waals surface area contributed by atoms with Gasteiger partial charge in [0, 0.05) is 17.8 Å². The second-order valence-electron chi connectivity index (χ2n) is 6.92. The van der Waals surface area contributed by atoms with Gasteiger partial charge in [-0.15, -0.1) is 5.10 Å². The molecule has 0 aliphatic heterocycles. The molecule has 1 saturated carbocycles. The van der Waals surface area contributed by atoms with Crippen molar-refractivity contribution in [2.45, 2.75) is 34.2 Å². The van der Waals surface area contributed by atoms with Crippen molar-refractivity contribution in [2.24, 2.45) is 16.7 Å². The van der Waals surface area contributed by atoms with E-state index < -0.39 is 0 Å². The van der Waals surface area contributed by atoms with Crippen LogP contribution in [-0.4, -0.2) is 20.2 Å². The summed E-state index contributed by atoms with van der Waals surface area (Å²) in [6, 6.07) is 5.36. The van der Waals surface area contributed by atoms with Gasteiger partial charge in [0.05, 0.1) is 5.02 Å². The minimum Gasteiger partial charge on any atom is -0.399 e. The largest absolute Gasteiger partial charge is 0.399 e. The van der Waals surface area contributed by atoms with E-state index in [0.717, 1.165) is 12.1 Å². The second kappa shape index (κ2) is 4.44. The molecule has 1 aliphatic rings. The molecule has 1 aliphatic carbocycles. The number of aromatic nitrogens is 4. The minimum atomic E-state index is 0.287. The average Bonchev–Trinajstić information content (AvgIpc) is 2.76. The molecule has 0 bridgehead atoms. The Bertz CT molecular complexity index is 675. The van der Waals surface area contributed by atoms with Gasteiger partial charge in [0.2, 0.25) is 0 Å². The highest BCUT2D eigenvalue weighted by Gasteiger charge is 2.64. The Balaban J connectivity index is 1.94. The van der Waals surface area contributed by atoms with Gasteiger partial charge in [-0.25, -0.2) is 4.68 Å². The molecule has 1 aromatic heterocycles. The predicted molar refractivity (Wildman–Crippen MR) is 83.7 cm³/mol. The molecule has 0 amide bonds. The Hall–Kier alpha value is -1.62. The van der Waals surface area contributed by atoms with E-state index in [-0.39, 0.29) is 10.8 Å². The lowest BCUT2D eigenvalue weighted by molar-refractivity contribution is 0.457. The normalized spacial score (nSPS) is 19.7. The summed E-state index contributed by atoms with van der Waals surface area (Å²) < 4.78 is 1.84. The van der Waals surface area contributed by atoms with Crippen LogP contribution in [0.25, 0.3) is 11.4 Å². The third-order valence-electron chi connectivity index (χ3n) is 5.44.